The summed E-state index contributed by atoms with van der Waals surface area (Å²) >= 11 is 1.79. The third kappa shape index (κ3) is 2.29. The van der Waals surface area contributed by atoms with Crippen molar-refractivity contribution < 1.29 is 0 Å². The van der Waals surface area contributed by atoms with E-state index in [2.05, 4.69) is 49.4 Å². The Balaban J connectivity index is 2.31. The van der Waals surface area contributed by atoms with E-state index in [1.807, 2.05) is 12.1 Å². The number of nitrogen functional groups attached to an aromatic ring is 1. The molecular formula is C14H18N2S. The summed E-state index contributed by atoms with van der Waals surface area (Å²) in [5.41, 5.74) is 9.16. The van der Waals surface area contributed by atoms with Crippen molar-refractivity contribution in [1.29, 1.82) is 0 Å². The average Bonchev–Trinajstić information content (AvgIpc) is 2.84. The third-order valence-corrected chi connectivity index (χ3v) is 4.31. The minimum atomic E-state index is 0.371. The van der Waals surface area contributed by atoms with E-state index in [1.54, 1.807) is 11.3 Å². The van der Waals surface area contributed by atoms with Crippen molar-refractivity contribution in [2.24, 2.45) is 0 Å². The van der Waals surface area contributed by atoms with Gasteiger partial charge in [0.1, 0.15) is 0 Å². The topological polar surface area (TPSA) is 29.3 Å². The van der Waals surface area contributed by atoms with Crippen LogP contribution < -0.4 is 10.6 Å². The second-order valence-corrected chi connectivity index (χ2v) is 5.27. The molecule has 0 aliphatic rings. The fraction of sp³-hybridized carbons (Fsp3) is 0.286. The molecule has 0 spiro atoms. The number of anilines is 2. The number of nitrogens with two attached hydrogens (primary N) is 1. The number of nitrogens with zero attached hydrogens (tertiary/aromatic N) is 1. The van der Waals surface area contributed by atoms with Gasteiger partial charge in [0.15, 0.2) is 0 Å². The molecule has 0 aliphatic heterocycles. The van der Waals surface area contributed by atoms with E-state index in [1.165, 1.54) is 10.6 Å². The molecule has 1 heterocycles. The third-order valence-electron chi connectivity index (χ3n) is 3.26. The summed E-state index contributed by atoms with van der Waals surface area (Å²) in [7, 11) is 2.12. The van der Waals surface area contributed by atoms with Gasteiger partial charge < -0.3 is 10.6 Å². The Bertz CT molecular complexity index is 491. The minimum absolute atomic E-state index is 0.371. The lowest BCUT2D eigenvalue weighted by molar-refractivity contribution is 0.752. The molecule has 0 amide bonds. The molecule has 17 heavy (non-hydrogen) atoms. The first-order valence-electron chi connectivity index (χ1n) is 5.72. The number of hydrogen-bond donors (Lipinski definition) is 1. The van der Waals surface area contributed by atoms with Crippen LogP contribution in [0.25, 0.3) is 0 Å². The second kappa shape index (κ2) is 4.80. The van der Waals surface area contributed by atoms with E-state index in [9.17, 15) is 0 Å². The molecule has 2 aromatic rings. The highest BCUT2D eigenvalue weighted by molar-refractivity contribution is 7.10. The van der Waals surface area contributed by atoms with Crippen molar-refractivity contribution in [3.63, 3.8) is 0 Å². The zero-order chi connectivity index (χ0) is 12.4. The first-order chi connectivity index (χ1) is 8.11. The molecule has 2 rings (SSSR count). The summed E-state index contributed by atoms with van der Waals surface area (Å²) in [6.07, 6.45) is 0. The second-order valence-electron chi connectivity index (χ2n) is 4.29. The monoisotopic (exact) mass is 246 g/mol. The van der Waals surface area contributed by atoms with Gasteiger partial charge in [-0.1, -0.05) is 12.1 Å². The van der Waals surface area contributed by atoms with Crippen LogP contribution in [0.15, 0.2) is 35.7 Å². The van der Waals surface area contributed by atoms with Crippen LogP contribution in [-0.4, -0.2) is 7.05 Å². The fourth-order valence-corrected chi connectivity index (χ4v) is 2.78. The molecule has 1 aromatic heterocycles. The van der Waals surface area contributed by atoms with Crippen molar-refractivity contribution >= 4 is 22.7 Å². The molecule has 1 unspecified atom stereocenters. The Kier molecular flexibility index (Phi) is 3.38. The highest BCUT2D eigenvalue weighted by Crippen LogP contribution is 2.31. The Labute approximate surface area is 107 Å². The van der Waals surface area contributed by atoms with Crippen LogP contribution in [0, 0.1) is 6.92 Å². The van der Waals surface area contributed by atoms with Gasteiger partial charge in [-0.15, -0.1) is 11.3 Å². The van der Waals surface area contributed by atoms with Gasteiger partial charge in [-0.05, 0) is 43.0 Å². The van der Waals surface area contributed by atoms with Gasteiger partial charge in [-0.25, -0.2) is 0 Å². The molecule has 0 saturated heterocycles. The zero-order valence-corrected chi connectivity index (χ0v) is 11.3. The molecule has 3 heteroatoms. The summed E-state index contributed by atoms with van der Waals surface area (Å²) in [6, 6.07) is 10.7. The lowest BCUT2D eigenvalue weighted by Crippen LogP contribution is -2.21. The number of rotatable bonds is 3. The van der Waals surface area contributed by atoms with Gasteiger partial charge in [0.25, 0.3) is 0 Å². The standard InChI is InChI=1S/C14H18N2S/c1-10-12(15)6-4-7-13(10)16(3)11(2)14-8-5-9-17-14/h4-9,11H,15H2,1-3H3. The molecule has 0 aliphatic carbocycles. The summed E-state index contributed by atoms with van der Waals surface area (Å²) in [4.78, 5) is 3.65. The highest BCUT2D eigenvalue weighted by Gasteiger charge is 2.15. The van der Waals surface area contributed by atoms with E-state index in [0.717, 1.165) is 11.3 Å². The molecule has 0 radical (unpaired) electrons. The smallest absolute Gasteiger partial charge is 0.0603 e. The number of hydrogen-bond acceptors (Lipinski definition) is 3. The molecule has 90 valence electrons. The van der Waals surface area contributed by atoms with Crippen molar-refractivity contribution in [2.45, 2.75) is 19.9 Å². The lowest BCUT2D eigenvalue weighted by atomic mass is 10.1. The molecule has 2 nitrogen and oxygen atoms in total. The van der Waals surface area contributed by atoms with Crippen LogP contribution in [0.5, 0.6) is 0 Å². The molecule has 0 bridgehead atoms. The Morgan fingerprint density at radius 3 is 2.65 bits per heavy atom. The van der Waals surface area contributed by atoms with Crippen LogP contribution in [0.4, 0.5) is 11.4 Å². The Morgan fingerprint density at radius 1 is 1.24 bits per heavy atom. The number of benzene rings is 1. The average molecular weight is 246 g/mol. The van der Waals surface area contributed by atoms with E-state index in [0.29, 0.717) is 6.04 Å². The van der Waals surface area contributed by atoms with E-state index >= 15 is 0 Å². The first-order valence-corrected chi connectivity index (χ1v) is 6.60. The van der Waals surface area contributed by atoms with Gasteiger partial charge in [-0.2, -0.15) is 0 Å². The van der Waals surface area contributed by atoms with E-state index in [4.69, 9.17) is 5.73 Å². The fourth-order valence-electron chi connectivity index (χ4n) is 1.95. The van der Waals surface area contributed by atoms with E-state index in [-0.39, 0.29) is 0 Å². The van der Waals surface area contributed by atoms with Crippen LogP contribution in [0.3, 0.4) is 0 Å². The van der Waals surface area contributed by atoms with Gasteiger partial charge in [0.05, 0.1) is 6.04 Å². The lowest BCUT2D eigenvalue weighted by Gasteiger charge is -2.28. The first kappa shape index (κ1) is 12.0. The quantitative estimate of drug-likeness (QED) is 0.834. The van der Waals surface area contributed by atoms with Crippen LogP contribution >= 0.6 is 11.3 Å². The maximum atomic E-state index is 5.95. The summed E-state index contributed by atoms with van der Waals surface area (Å²) in [5, 5.41) is 2.12. The maximum Gasteiger partial charge on any atom is 0.0603 e. The van der Waals surface area contributed by atoms with Gasteiger partial charge in [0.2, 0.25) is 0 Å². The largest absolute Gasteiger partial charge is 0.398 e. The predicted molar refractivity (Wildman–Crippen MR) is 76.7 cm³/mol. The molecule has 1 atom stereocenters. The normalized spacial score (nSPS) is 12.4. The predicted octanol–water partition coefficient (Wildman–Crippen LogP) is 3.84. The van der Waals surface area contributed by atoms with Crippen LogP contribution in [-0.2, 0) is 0 Å². The highest BCUT2D eigenvalue weighted by atomic mass is 32.1. The van der Waals surface area contributed by atoms with Crippen LogP contribution in [0.1, 0.15) is 23.4 Å². The summed E-state index contributed by atoms with van der Waals surface area (Å²) < 4.78 is 0. The molecule has 2 N–H and O–H groups in total. The van der Waals surface area contributed by atoms with Crippen molar-refractivity contribution in [3.8, 4) is 0 Å². The van der Waals surface area contributed by atoms with Gasteiger partial charge in [-0.3, -0.25) is 0 Å². The van der Waals surface area contributed by atoms with Crippen molar-refractivity contribution in [3.05, 3.63) is 46.2 Å². The zero-order valence-electron chi connectivity index (χ0n) is 10.5. The molecule has 0 fully saturated rings. The minimum Gasteiger partial charge on any atom is -0.398 e. The maximum absolute atomic E-state index is 5.95. The SMILES string of the molecule is Cc1c(N)cccc1N(C)C(C)c1cccs1. The van der Waals surface area contributed by atoms with Gasteiger partial charge >= 0.3 is 0 Å². The van der Waals surface area contributed by atoms with Crippen molar-refractivity contribution in [1.82, 2.24) is 0 Å². The number of thiophene rings is 1. The van der Waals surface area contributed by atoms with Gasteiger partial charge in [0, 0.05) is 23.3 Å². The molecule has 1 aromatic carbocycles. The molecule has 0 saturated carbocycles. The van der Waals surface area contributed by atoms with Crippen molar-refractivity contribution in [2.75, 3.05) is 17.7 Å². The summed E-state index contributed by atoms with van der Waals surface area (Å²) in [5.74, 6) is 0. The molecular weight excluding hydrogens is 228 g/mol. The summed E-state index contributed by atoms with van der Waals surface area (Å²) in [6.45, 7) is 4.29. The van der Waals surface area contributed by atoms with E-state index < -0.39 is 0 Å². The Hall–Kier alpha value is -1.48. The van der Waals surface area contributed by atoms with Crippen LogP contribution in [0.2, 0.25) is 0 Å². The Morgan fingerprint density at radius 2 is 2.00 bits per heavy atom.